The van der Waals surface area contributed by atoms with Crippen molar-refractivity contribution in [2.45, 2.75) is 24.4 Å². The van der Waals surface area contributed by atoms with Gasteiger partial charge in [-0.15, -0.1) is 10.2 Å². The molecule has 0 radical (unpaired) electrons. The van der Waals surface area contributed by atoms with Crippen LogP contribution in [0.25, 0.3) is 22.7 Å². The van der Waals surface area contributed by atoms with Crippen molar-refractivity contribution in [3.8, 4) is 22.7 Å². The highest BCUT2D eigenvalue weighted by molar-refractivity contribution is 7.98. The van der Waals surface area contributed by atoms with Crippen LogP contribution in [0, 0.1) is 6.92 Å². The molecule has 5 aromatic rings. The van der Waals surface area contributed by atoms with E-state index in [1.807, 2.05) is 54.6 Å². The first-order chi connectivity index (χ1) is 15.3. The molecule has 2 aromatic carbocycles. The maximum absolute atomic E-state index is 5.94. The molecule has 5 rings (SSSR count). The molecule has 0 N–H and O–H groups in total. The quantitative estimate of drug-likeness (QED) is 0.303. The third-order valence-corrected chi connectivity index (χ3v) is 5.78. The van der Waals surface area contributed by atoms with Gasteiger partial charge in [0.15, 0.2) is 16.7 Å². The molecule has 0 aliphatic carbocycles. The highest BCUT2D eigenvalue weighted by Gasteiger charge is 2.17. The lowest BCUT2D eigenvalue weighted by Crippen LogP contribution is -2.03. The number of thioether (sulfide) groups is 1. The second-order valence-corrected chi connectivity index (χ2v) is 8.06. The molecule has 154 valence electrons. The smallest absolute Gasteiger partial charge is 0.205 e. The number of hydrogen-bond acceptors (Lipinski definition) is 6. The minimum atomic E-state index is 0.548. The van der Waals surface area contributed by atoms with Gasteiger partial charge in [0.2, 0.25) is 5.89 Å². The van der Waals surface area contributed by atoms with Gasteiger partial charge < -0.3 is 8.83 Å². The Morgan fingerprint density at radius 3 is 2.61 bits per heavy atom. The van der Waals surface area contributed by atoms with E-state index in [1.165, 1.54) is 5.56 Å². The van der Waals surface area contributed by atoms with Crippen LogP contribution in [0.3, 0.4) is 0 Å². The number of hydrogen-bond donors (Lipinski definition) is 0. The van der Waals surface area contributed by atoms with Crippen molar-refractivity contribution in [2.24, 2.45) is 0 Å². The first-order valence-electron chi connectivity index (χ1n) is 9.92. The van der Waals surface area contributed by atoms with E-state index in [0.29, 0.717) is 18.2 Å². The Morgan fingerprint density at radius 2 is 1.81 bits per heavy atom. The normalized spacial score (nSPS) is 11.1. The average molecular weight is 429 g/mol. The summed E-state index contributed by atoms with van der Waals surface area (Å²) in [6.07, 6.45) is 3.44. The molecule has 31 heavy (non-hydrogen) atoms. The van der Waals surface area contributed by atoms with Crippen LogP contribution in [0.5, 0.6) is 0 Å². The number of benzene rings is 2. The fourth-order valence-corrected chi connectivity index (χ4v) is 4.12. The molecule has 7 heteroatoms. The van der Waals surface area contributed by atoms with E-state index in [0.717, 1.165) is 33.6 Å². The van der Waals surface area contributed by atoms with Gasteiger partial charge in [-0.1, -0.05) is 65.9 Å². The molecular formula is C24H20N4O2S. The van der Waals surface area contributed by atoms with E-state index in [9.17, 15) is 0 Å². The lowest BCUT2D eigenvalue weighted by Gasteiger charge is -2.09. The molecule has 0 saturated heterocycles. The van der Waals surface area contributed by atoms with Crippen molar-refractivity contribution in [1.82, 2.24) is 19.7 Å². The zero-order valence-corrected chi connectivity index (χ0v) is 17.7. The molecule has 0 bridgehead atoms. The van der Waals surface area contributed by atoms with Crippen LogP contribution in [-0.4, -0.2) is 19.7 Å². The predicted octanol–water partition coefficient (Wildman–Crippen LogP) is 5.84. The number of aromatic nitrogens is 4. The third kappa shape index (κ3) is 4.32. The maximum Gasteiger partial charge on any atom is 0.205 e. The summed E-state index contributed by atoms with van der Waals surface area (Å²) in [5, 5.41) is 9.70. The SMILES string of the molecule is Cc1cccc(-c2nnc(SCc3ncc(-c4ccccc4)o3)n2Cc2ccco2)c1. The summed E-state index contributed by atoms with van der Waals surface area (Å²) in [5.74, 6) is 3.61. The molecule has 3 heterocycles. The molecule has 0 aliphatic rings. The lowest BCUT2D eigenvalue weighted by molar-refractivity contribution is 0.485. The molecule has 0 amide bonds. The first-order valence-corrected chi connectivity index (χ1v) is 10.9. The van der Waals surface area contributed by atoms with Crippen molar-refractivity contribution in [1.29, 1.82) is 0 Å². The van der Waals surface area contributed by atoms with Crippen molar-refractivity contribution >= 4 is 11.8 Å². The Bertz CT molecular complexity index is 1280. The summed E-state index contributed by atoms with van der Waals surface area (Å²) < 4.78 is 13.6. The molecule has 0 spiro atoms. The van der Waals surface area contributed by atoms with Crippen LogP contribution in [0.2, 0.25) is 0 Å². The van der Waals surface area contributed by atoms with Crippen LogP contribution in [-0.2, 0) is 12.3 Å². The highest BCUT2D eigenvalue weighted by Crippen LogP contribution is 2.29. The lowest BCUT2D eigenvalue weighted by atomic mass is 10.1. The van der Waals surface area contributed by atoms with Gasteiger partial charge in [0.05, 0.1) is 24.8 Å². The summed E-state index contributed by atoms with van der Waals surface area (Å²) >= 11 is 1.54. The molecule has 6 nitrogen and oxygen atoms in total. The van der Waals surface area contributed by atoms with Gasteiger partial charge in [-0.2, -0.15) is 0 Å². The third-order valence-electron chi connectivity index (χ3n) is 4.82. The van der Waals surface area contributed by atoms with Crippen molar-refractivity contribution < 1.29 is 8.83 Å². The van der Waals surface area contributed by atoms with Crippen molar-refractivity contribution in [2.75, 3.05) is 0 Å². The van der Waals surface area contributed by atoms with Gasteiger partial charge in [-0.3, -0.25) is 4.57 Å². The summed E-state index contributed by atoms with van der Waals surface area (Å²) in [6.45, 7) is 2.62. The molecule has 0 fully saturated rings. The largest absolute Gasteiger partial charge is 0.467 e. The zero-order chi connectivity index (χ0) is 21.0. The number of rotatable bonds is 7. The zero-order valence-electron chi connectivity index (χ0n) is 16.9. The van der Waals surface area contributed by atoms with Crippen LogP contribution in [0.1, 0.15) is 17.2 Å². The van der Waals surface area contributed by atoms with Gasteiger partial charge in [-0.05, 0) is 25.1 Å². The second-order valence-electron chi connectivity index (χ2n) is 7.11. The van der Waals surface area contributed by atoms with Crippen LogP contribution >= 0.6 is 11.8 Å². The van der Waals surface area contributed by atoms with E-state index < -0.39 is 0 Å². The summed E-state index contributed by atoms with van der Waals surface area (Å²) in [7, 11) is 0. The van der Waals surface area contributed by atoms with Gasteiger partial charge >= 0.3 is 0 Å². The minimum absolute atomic E-state index is 0.548. The minimum Gasteiger partial charge on any atom is -0.467 e. The van der Waals surface area contributed by atoms with Crippen LogP contribution < -0.4 is 0 Å². The van der Waals surface area contributed by atoms with E-state index in [1.54, 1.807) is 24.2 Å². The average Bonchev–Trinajstić information content (AvgIpc) is 3.55. The second kappa shape index (κ2) is 8.65. The Labute approximate surface area is 184 Å². The molecule has 0 saturated carbocycles. The summed E-state index contributed by atoms with van der Waals surface area (Å²) in [5.41, 5.74) is 3.20. The van der Waals surface area contributed by atoms with Crippen LogP contribution in [0.15, 0.2) is 93.2 Å². The van der Waals surface area contributed by atoms with E-state index >= 15 is 0 Å². The van der Waals surface area contributed by atoms with Crippen LogP contribution in [0.4, 0.5) is 0 Å². The summed E-state index contributed by atoms with van der Waals surface area (Å²) in [4.78, 5) is 4.43. The number of oxazole rings is 1. The molecule has 3 aromatic heterocycles. The molecule has 0 unspecified atom stereocenters. The number of nitrogens with zero attached hydrogens (tertiary/aromatic N) is 4. The van der Waals surface area contributed by atoms with Gasteiger partial charge in [0, 0.05) is 11.1 Å². The standard InChI is InChI=1S/C24H20N4O2S/c1-17-7-5-10-19(13-17)23-26-27-24(28(23)15-20-11-6-12-29-20)31-16-22-25-14-21(30-22)18-8-3-2-4-9-18/h2-14H,15-16H2,1H3. The molecule has 0 atom stereocenters. The Kier molecular flexibility index (Phi) is 5.41. The highest BCUT2D eigenvalue weighted by atomic mass is 32.2. The Morgan fingerprint density at radius 1 is 0.935 bits per heavy atom. The molecule has 0 aliphatic heterocycles. The number of aryl methyl sites for hydroxylation is 1. The monoisotopic (exact) mass is 428 g/mol. The van der Waals surface area contributed by atoms with E-state index in [4.69, 9.17) is 8.83 Å². The van der Waals surface area contributed by atoms with Gasteiger partial charge in [-0.25, -0.2) is 4.98 Å². The topological polar surface area (TPSA) is 69.9 Å². The fraction of sp³-hybridized carbons (Fsp3) is 0.125. The summed E-state index contributed by atoms with van der Waals surface area (Å²) in [6, 6.07) is 22.0. The van der Waals surface area contributed by atoms with Gasteiger partial charge in [0.1, 0.15) is 5.76 Å². The van der Waals surface area contributed by atoms with Crippen molar-refractivity contribution in [3.63, 3.8) is 0 Å². The first kappa shape index (κ1) is 19.4. The maximum atomic E-state index is 5.94. The predicted molar refractivity (Wildman–Crippen MR) is 120 cm³/mol. The Balaban J connectivity index is 1.40. The van der Waals surface area contributed by atoms with Gasteiger partial charge in [0.25, 0.3) is 0 Å². The van der Waals surface area contributed by atoms with E-state index in [-0.39, 0.29) is 0 Å². The van der Waals surface area contributed by atoms with E-state index in [2.05, 4.69) is 38.8 Å². The van der Waals surface area contributed by atoms with Crippen molar-refractivity contribution in [3.05, 3.63) is 96.4 Å². The Hall–Kier alpha value is -3.58. The fourth-order valence-electron chi connectivity index (χ4n) is 3.33. The number of furan rings is 1. The molecular weight excluding hydrogens is 408 g/mol.